The molecule has 0 saturated heterocycles. The molecule has 0 fully saturated rings. The fourth-order valence-electron chi connectivity index (χ4n) is 3.60. The summed E-state index contributed by atoms with van der Waals surface area (Å²) in [4.78, 5) is 16.4. The van der Waals surface area contributed by atoms with E-state index in [2.05, 4.69) is 63.6 Å². The van der Waals surface area contributed by atoms with Gasteiger partial charge in [-0.15, -0.1) is 0 Å². The van der Waals surface area contributed by atoms with E-state index in [1.54, 1.807) is 0 Å². The van der Waals surface area contributed by atoms with Crippen molar-refractivity contribution in [3.8, 4) is 0 Å². The molecule has 1 N–H and O–H groups in total. The quantitative estimate of drug-likeness (QED) is 0.847. The Morgan fingerprint density at radius 2 is 1.85 bits per heavy atom. The Morgan fingerprint density at radius 3 is 2.52 bits per heavy atom. The second-order valence-electron chi connectivity index (χ2n) is 7.09. The van der Waals surface area contributed by atoms with E-state index in [1.807, 2.05) is 21.0 Å². The lowest BCUT2D eigenvalue weighted by atomic mass is 9.96. The topological polar surface area (TPSA) is 44.8 Å². The van der Waals surface area contributed by atoms with Crippen molar-refractivity contribution in [2.24, 2.45) is 0 Å². The molecule has 0 bridgehead atoms. The maximum Gasteiger partial charge on any atom is 0.407 e. The van der Waals surface area contributed by atoms with Crippen LogP contribution in [0.4, 0.5) is 10.5 Å². The number of nitrogens with one attached hydrogen (secondary N) is 1. The van der Waals surface area contributed by atoms with E-state index in [1.165, 1.54) is 22.4 Å². The first-order valence-corrected chi connectivity index (χ1v) is 9.57. The number of carbonyl (C=O) groups is 1. The number of alkyl carbamates (subject to hydrolysis) is 1. The average molecular weight is 367 g/mol. The molecular formula is C22H29N3O2. The first-order valence-electron chi connectivity index (χ1n) is 9.57. The molecule has 1 atom stereocenters. The highest BCUT2D eigenvalue weighted by Gasteiger charge is 2.25. The molecular weight excluding hydrogens is 338 g/mol. The first-order chi connectivity index (χ1) is 13.1. The van der Waals surface area contributed by atoms with E-state index < -0.39 is 0 Å². The standard InChI is InChI=1S/C22H29N3O2/c1-4-27-22(26)23-15-21(18-9-11-20(12-10-18)24(2)3)25-14-13-17-7-5-6-8-19(17)16-25/h5-12,21H,4,13-16H2,1-3H3,(H,23,26)/t21-/m1/s1. The third-order valence-corrected chi connectivity index (χ3v) is 5.11. The molecule has 5 heteroatoms. The highest BCUT2D eigenvalue weighted by molar-refractivity contribution is 5.67. The maximum absolute atomic E-state index is 11.8. The van der Waals surface area contributed by atoms with Crippen LogP contribution < -0.4 is 10.2 Å². The van der Waals surface area contributed by atoms with Crippen LogP contribution >= 0.6 is 0 Å². The zero-order valence-corrected chi connectivity index (χ0v) is 16.4. The summed E-state index contributed by atoms with van der Waals surface area (Å²) in [5.74, 6) is 0. The second-order valence-corrected chi connectivity index (χ2v) is 7.09. The summed E-state index contributed by atoms with van der Waals surface area (Å²) in [7, 11) is 4.08. The van der Waals surface area contributed by atoms with Gasteiger partial charge in [0.15, 0.2) is 0 Å². The van der Waals surface area contributed by atoms with Gasteiger partial charge in [0.2, 0.25) is 0 Å². The zero-order chi connectivity index (χ0) is 19.2. The minimum atomic E-state index is -0.357. The van der Waals surface area contributed by atoms with Crippen LogP contribution in [0.1, 0.15) is 29.7 Å². The van der Waals surface area contributed by atoms with Gasteiger partial charge in [-0.3, -0.25) is 4.90 Å². The summed E-state index contributed by atoms with van der Waals surface area (Å²) in [6.07, 6.45) is 0.673. The van der Waals surface area contributed by atoms with Crippen molar-refractivity contribution in [1.82, 2.24) is 10.2 Å². The largest absolute Gasteiger partial charge is 0.450 e. The Morgan fingerprint density at radius 1 is 1.15 bits per heavy atom. The third-order valence-electron chi connectivity index (χ3n) is 5.11. The maximum atomic E-state index is 11.8. The number of rotatable bonds is 6. The Kier molecular flexibility index (Phi) is 6.35. The van der Waals surface area contributed by atoms with E-state index >= 15 is 0 Å². The number of carbonyl (C=O) groups excluding carboxylic acids is 1. The predicted molar refractivity (Wildman–Crippen MR) is 109 cm³/mol. The SMILES string of the molecule is CCOC(=O)NC[C@H](c1ccc(N(C)C)cc1)N1CCc2ccccc2C1. The van der Waals surface area contributed by atoms with E-state index in [-0.39, 0.29) is 12.1 Å². The van der Waals surface area contributed by atoms with Crippen LogP contribution in [-0.4, -0.2) is 44.8 Å². The highest BCUT2D eigenvalue weighted by Crippen LogP contribution is 2.28. The summed E-state index contributed by atoms with van der Waals surface area (Å²) in [5.41, 5.74) is 5.17. The minimum absolute atomic E-state index is 0.110. The molecule has 2 aromatic carbocycles. The van der Waals surface area contributed by atoms with Gasteiger partial charge in [0.1, 0.15) is 0 Å². The van der Waals surface area contributed by atoms with Crippen LogP contribution in [0.25, 0.3) is 0 Å². The van der Waals surface area contributed by atoms with Gasteiger partial charge < -0.3 is 15.0 Å². The molecule has 0 radical (unpaired) electrons. The zero-order valence-electron chi connectivity index (χ0n) is 16.4. The molecule has 27 heavy (non-hydrogen) atoms. The number of ether oxygens (including phenoxy) is 1. The van der Waals surface area contributed by atoms with Crippen molar-refractivity contribution < 1.29 is 9.53 Å². The fourth-order valence-corrected chi connectivity index (χ4v) is 3.60. The molecule has 3 rings (SSSR count). The van der Waals surface area contributed by atoms with Crippen molar-refractivity contribution in [2.45, 2.75) is 25.9 Å². The van der Waals surface area contributed by atoms with Gasteiger partial charge in [-0.1, -0.05) is 36.4 Å². The number of anilines is 1. The molecule has 0 aliphatic carbocycles. The van der Waals surface area contributed by atoms with Crippen LogP contribution in [0.5, 0.6) is 0 Å². The van der Waals surface area contributed by atoms with Crippen molar-refractivity contribution in [3.63, 3.8) is 0 Å². The Bertz CT molecular complexity index is 758. The van der Waals surface area contributed by atoms with Crippen molar-refractivity contribution in [1.29, 1.82) is 0 Å². The lowest BCUT2D eigenvalue weighted by Gasteiger charge is -2.36. The van der Waals surface area contributed by atoms with Crippen LogP contribution in [0.3, 0.4) is 0 Å². The summed E-state index contributed by atoms with van der Waals surface area (Å²) in [6, 6.07) is 17.3. The number of benzene rings is 2. The normalized spacial score (nSPS) is 14.9. The van der Waals surface area contributed by atoms with Gasteiger partial charge >= 0.3 is 6.09 Å². The van der Waals surface area contributed by atoms with E-state index in [9.17, 15) is 4.79 Å². The molecule has 0 saturated carbocycles. The monoisotopic (exact) mass is 367 g/mol. The van der Waals surface area contributed by atoms with Crippen molar-refractivity contribution in [2.75, 3.05) is 38.7 Å². The van der Waals surface area contributed by atoms with Gasteiger partial charge in [-0.2, -0.15) is 0 Å². The number of fused-ring (bicyclic) bond motifs is 1. The van der Waals surface area contributed by atoms with E-state index in [0.29, 0.717) is 13.2 Å². The summed E-state index contributed by atoms with van der Waals surface area (Å²) >= 11 is 0. The summed E-state index contributed by atoms with van der Waals surface area (Å²) in [6.45, 7) is 4.59. The fraction of sp³-hybridized carbons (Fsp3) is 0.409. The highest BCUT2D eigenvalue weighted by atomic mass is 16.5. The number of nitrogens with zero attached hydrogens (tertiary/aromatic N) is 2. The predicted octanol–water partition coefficient (Wildman–Crippen LogP) is 3.60. The van der Waals surface area contributed by atoms with Gasteiger partial charge in [-0.05, 0) is 42.2 Å². The molecule has 1 aliphatic heterocycles. The van der Waals surface area contributed by atoms with Gasteiger partial charge in [-0.25, -0.2) is 4.79 Å². The van der Waals surface area contributed by atoms with Crippen molar-refractivity contribution >= 4 is 11.8 Å². The molecule has 0 aromatic heterocycles. The van der Waals surface area contributed by atoms with E-state index in [4.69, 9.17) is 4.74 Å². The third kappa shape index (κ3) is 4.80. The minimum Gasteiger partial charge on any atom is -0.450 e. The lowest BCUT2D eigenvalue weighted by molar-refractivity contribution is 0.139. The van der Waals surface area contributed by atoms with Crippen molar-refractivity contribution in [3.05, 3.63) is 65.2 Å². The molecule has 1 aliphatic rings. The molecule has 144 valence electrons. The number of hydrogen-bond donors (Lipinski definition) is 1. The van der Waals surface area contributed by atoms with Crippen LogP contribution in [0.2, 0.25) is 0 Å². The smallest absolute Gasteiger partial charge is 0.407 e. The molecule has 0 spiro atoms. The van der Waals surface area contributed by atoms with Crippen LogP contribution in [0, 0.1) is 0 Å². The van der Waals surface area contributed by atoms with Gasteiger partial charge in [0.25, 0.3) is 0 Å². The Balaban J connectivity index is 1.80. The first kappa shape index (κ1) is 19.2. The molecule has 1 heterocycles. The van der Waals surface area contributed by atoms with Crippen LogP contribution in [-0.2, 0) is 17.7 Å². The second kappa shape index (κ2) is 8.91. The summed E-state index contributed by atoms with van der Waals surface area (Å²) in [5, 5.41) is 2.93. The number of amides is 1. The summed E-state index contributed by atoms with van der Waals surface area (Å²) < 4.78 is 5.05. The van der Waals surface area contributed by atoms with Gasteiger partial charge in [0.05, 0.1) is 12.6 Å². The van der Waals surface area contributed by atoms with Crippen LogP contribution in [0.15, 0.2) is 48.5 Å². The molecule has 5 nitrogen and oxygen atoms in total. The molecule has 2 aromatic rings. The molecule has 0 unspecified atom stereocenters. The Labute approximate surface area is 161 Å². The average Bonchev–Trinajstić information content (AvgIpc) is 2.68. The van der Waals surface area contributed by atoms with Gasteiger partial charge in [0, 0.05) is 39.4 Å². The Hall–Kier alpha value is -2.53. The molecule has 1 amide bonds. The van der Waals surface area contributed by atoms with E-state index in [0.717, 1.165) is 19.5 Å². The number of hydrogen-bond acceptors (Lipinski definition) is 4. The lowest BCUT2D eigenvalue weighted by Crippen LogP contribution is -2.40.